The van der Waals surface area contributed by atoms with Crippen LogP contribution in [0.5, 0.6) is 0 Å². The highest BCUT2D eigenvalue weighted by Gasteiger charge is 2.35. The molecule has 0 aromatic rings. The Bertz CT molecular complexity index is 138. The Labute approximate surface area is 78.8 Å². The molecule has 0 amide bonds. The third kappa shape index (κ3) is 3.60. The third-order valence-electron chi connectivity index (χ3n) is 2.80. The molecule has 0 fully saturated rings. The van der Waals surface area contributed by atoms with Crippen LogP contribution in [0.2, 0.25) is 0 Å². The van der Waals surface area contributed by atoms with E-state index in [-0.39, 0.29) is 5.41 Å². The normalized spacial score (nSPS) is 15.0. The van der Waals surface area contributed by atoms with Crippen molar-refractivity contribution in [1.29, 1.82) is 0 Å². The maximum absolute atomic E-state index is 4.23. The monoisotopic (exact) mass is 169 g/mol. The van der Waals surface area contributed by atoms with E-state index in [2.05, 4.69) is 55.4 Å². The Morgan fingerprint density at radius 1 is 0.833 bits per heavy atom. The van der Waals surface area contributed by atoms with Gasteiger partial charge in [0.25, 0.3) is 0 Å². The van der Waals surface area contributed by atoms with E-state index in [9.17, 15) is 0 Å². The summed E-state index contributed by atoms with van der Waals surface area (Å²) in [5.41, 5.74) is 0.865. The molecule has 0 N–H and O–H groups in total. The molecule has 0 saturated carbocycles. The molecule has 0 aliphatic carbocycles. The summed E-state index contributed by atoms with van der Waals surface area (Å²) in [6.45, 7) is 20.2. The fraction of sp³-hybridized carbons (Fsp3) is 0.917. The van der Waals surface area contributed by atoms with E-state index in [1.54, 1.807) is 0 Å². The van der Waals surface area contributed by atoms with Crippen molar-refractivity contribution in [2.24, 2.45) is 16.2 Å². The van der Waals surface area contributed by atoms with Gasteiger partial charge in [-0.3, -0.25) is 0 Å². The highest BCUT2D eigenvalue weighted by Crippen LogP contribution is 2.45. The Kier molecular flexibility index (Phi) is 3.05. The minimum Gasteiger partial charge on any atom is -0.0602 e. The van der Waals surface area contributed by atoms with Crippen LogP contribution in [-0.2, 0) is 0 Å². The van der Waals surface area contributed by atoms with E-state index in [0.717, 1.165) is 0 Å². The summed E-state index contributed by atoms with van der Waals surface area (Å²) in [4.78, 5) is 0. The van der Waals surface area contributed by atoms with Crippen LogP contribution in [0, 0.1) is 23.2 Å². The van der Waals surface area contributed by atoms with Crippen molar-refractivity contribution >= 4 is 0 Å². The summed E-state index contributed by atoms with van der Waals surface area (Å²) in [5.74, 6) is 0. The lowest BCUT2D eigenvalue weighted by molar-refractivity contribution is 0.0955. The highest BCUT2D eigenvalue weighted by molar-refractivity contribution is 4.90. The molecule has 0 heteroatoms. The summed E-state index contributed by atoms with van der Waals surface area (Å²) >= 11 is 0. The predicted octanol–water partition coefficient (Wildman–Crippen LogP) is 4.31. The standard InChI is InChI=1S/C12H25/c1-10(2,3)9-12(7,8)11(4,5)6/h4,9H2,1-3,5-8H3. The van der Waals surface area contributed by atoms with Crippen LogP contribution in [0.15, 0.2) is 0 Å². The van der Waals surface area contributed by atoms with Crippen LogP contribution in [0.1, 0.15) is 54.9 Å². The van der Waals surface area contributed by atoms with Crippen molar-refractivity contribution in [3.63, 3.8) is 0 Å². The summed E-state index contributed by atoms with van der Waals surface area (Å²) in [7, 11) is 0. The molecule has 0 aromatic heterocycles. The van der Waals surface area contributed by atoms with Crippen molar-refractivity contribution in [1.82, 2.24) is 0 Å². The van der Waals surface area contributed by atoms with Crippen molar-refractivity contribution in [3.8, 4) is 0 Å². The van der Waals surface area contributed by atoms with Crippen molar-refractivity contribution < 1.29 is 0 Å². The van der Waals surface area contributed by atoms with E-state index in [0.29, 0.717) is 10.8 Å². The van der Waals surface area contributed by atoms with Gasteiger partial charge in [0.2, 0.25) is 0 Å². The van der Waals surface area contributed by atoms with E-state index in [1.165, 1.54) is 6.42 Å². The zero-order valence-electron chi connectivity index (χ0n) is 9.91. The van der Waals surface area contributed by atoms with Crippen LogP contribution < -0.4 is 0 Å². The molecule has 0 unspecified atom stereocenters. The van der Waals surface area contributed by atoms with Crippen molar-refractivity contribution in [2.45, 2.75) is 54.9 Å². The SMILES string of the molecule is [CH2]C(C)(C)C(C)(C)CC(C)(C)C. The number of rotatable bonds is 2. The zero-order chi connectivity index (χ0) is 10.2. The molecular formula is C12H25. The van der Waals surface area contributed by atoms with Crippen LogP contribution in [0.3, 0.4) is 0 Å². The molecular weight excluding hydrogens is 144 g/mol. The second-order valence-corrected chi connectivity index (χ2v) is 6.51. The van der Waals surface area contributed by atoms with E-state index in [4.69, 9.17) is 0 Å². The van der Waals surface area contributed by atoms with Gasteiger partial charge in [0.05, 0.1) is 0 Å². The first-order valence-electron chi connectivity index (χ1n) is 4.81. The molecule has 0 heterocycles. The highest BCUT2D eigenvalue weighted by atomic mass is 14.4. The summed E-state index contributed by atoms with van der Waals surface area (Å²) in [5, 5.41) is 0. The van der Waals surface area contributed by atoms with Crippen LogP contribution in [0.4, 0.5) is 0 Å². The topological polar surface area (TPSA) is 0 Å². The summed E-state index contributed by atoms with van der Waals surface area (Å²) in [6.07, 6.45) is 1.22. The Morgan fingerprint density at radius 2 is 1.17 bits per heavy atom. The molecule has 0 rings (SSSR count). The predicted molar refractivity (Wildman–Crippen MR) is 57.0 cm³/mol. The van der Waals surface area contributed by atoms with Gasteiger partial charge in [-0.25, -0.2) is 0 Å². The maximum Gasteiger partial charge on any atom is -0.0298 e. The van der Waals surface area contributed by atoms with Gasteiger partial charge in [0.15, 0.2) is 0 Å². The molecule has 0 nitrogen and oxygen atoms in total. The summed E-state index contributed by atoms with van der Waals surface area (Å²) in [6, 6.07) is 0. The second kappa shape index (κ2) is 3.05. The first kappa shape index (κ1) is 12.0. The fourth-order valence-corrected chi connectivity index (χ4v) is 1.57. The lowest BCUT2D eigenvalue weighted by atomic mass is 9.63. The maximum atomic E-state index is 4.23. The third-order valence-corrected chi connectivity index (χ3v) is 2.80. The van der Waals surface area contributed by atoms with Crippen LogP contribution >= 0.6 is 0 Å². The van der Waals surface area contributed by atoms with Crippen molar-refractivity contribution in [3.05, 3.63) is 6.92 Å². The lowest BCUT2D eigenvalue weighted by Crippen LogP contribution is -2.33. The molecule has 1 radical (unpaired) electrons. The van der Waals surface area contributed by atoms with Crippen LogP contribution in [0.25, 0.3) is 0 Å². The molecule has 0 saturated heterocycles. The molecule has 12 heavy (non-hydrogen) atoms. The van der Waals surface area contributed by atoms with Crippen LogP contribution in [-0.4, -0.2) is 0 Å². The van der Waals surface area contributed by atoms with Gasteiger partial charge in [-0.05, 0) is 29.6 Å². The largest absolute Gasteiger partial charge is 0.0602 e. The van der Waals surface area contributed by atoms with E-state index in [1.807, 2.05) is 0 Å². The average molecular weight is 169 g/mol. The number of hydrogen-bond donors (Lipinski definition) is 0. The van der Waals surface area contributed by atoms with Gasteiger partial charge in [0, 0.05) is 0 Å². The van der Waals surface area contributed by atoms with Gasteiger partial charge in [-0.1, -0.05) is 48.5 Å². The zero-order valence-corrected chi connectivity index (χ0v) is 9.91. The Balaban J connectivity index is 4.44. The molecule has 0 aliphatic rings. The second-order valence-electron chi connectivity index (χ2n) is 6.51. The lowest BCUT2D eigenvalue weighted by Gasteiger charge is -2.43. The van der Waals surface area contributed by atoms with Gasteiger partial charge in [-0.15, -0.1) is 0 Å². The van der Waals surface area contributed by atoms with Gasteiger partial charge >= 0.3 is 0 Å². The minimum absolute atomic E-state index is 0.153. The van der Waals surface area contributed by atoms with E-state index < -0.39 is 0 Å². The van der Waals surface area contributed by atoms with Crippen molar-refractivity contribution in [2.75, 3.05) is 0 Å². The molecule has 0 aliphatic heterocycles. The van der Waals surface area contributed by atoms with Gasteiger partial charge in [-0.2, -0.15) is 0 Å². The Morgan fingerprint density at radius 3 is 1.25 bits per heavy atom. The van der Waals surface area contributed by atoms with Gasteiger partial charge in [0.1, 0.15) is 0 Å². The molecule has 0 atom stereocenters. The molecule has 0 spiro atoms. The fourth-order valence-electron chi connectivity index (χ4n) is 1.57. The Hall–Kier alpha value is 0. The van der Waals surface area contributed by atoms with Gasteiger partial charge < -0.3 is 0 Å². The first-order valence-corrected chi connectivity index (χ1v) is 4.81. The smallest absolute Gasteiger partial charge is 0.0298 e. The average Bonchev–Trinajstić information content (AvgIpc) is 1.52. The first-order chi connectivity index (χ1) is 4.96. The molecule has 73 valence electrons. The minimum atomic E-state index is 0.153. The molecule has 0 aromatic carbocycles. The number of hydrogen-bond acceptors (Lipinski definition) is 0. The quantitative estimate of drug-likeness (QED) is 0.578. The van der Waals surface area contributed by atoms with E-state index >= 15 is 0 Å². The summed E-state index contributed by atoms with van der Waals surface area (Å²) < 4.78 is 0. The molecule has 0 bridgehead atoms.